The van der Waals surface area contributed by atoms with Gasteiger partial charge in [0.2, 0.25) is 0 Å². The summed E-state index contributed by atoms with van der Waals surface area (Å²) in [5.74, 6) is -0.183. The van der Waals surface area contributed by atoms with Crippen LogP contribution in [0.15, 0.2) is 24.3 Å². The first-order chi connectivity index (χ1) is 10.5. The van der Waals surface area contributed by atoms with Crippen molar-refractivity contribution < 1.29 is 15.0 Å². The maximum Gasteiger partial charge on any atom is 0.306 e. The minimum absolute atomic E-state index is 0.127. The molecule has 1 aliphatic heterocycles. The standard InChI is InChI=1S/C17H22ClNO3/c18-14-3-1-11(2-4-14)16(20)12-5-7-19(8-6-12)10-13-9-15(13)17(21)22/h1-4,12-13,15-16,20H,5-10H2,(H,21,22)/t13-,15+,16?/m0/s1. The number of carbonyl (C=O) groups is 1. The number of piperidine rings is 1. The minimum Gasteiger partial charge on any atom is -0.481 e. The predicted molar refractivity (Wildman–Crippen MR) is 84.8 cm³/mol. The number of carboxylic acid groups (broad SMARTS) is 1. The fraction of sp³-hybridized carbons (Fsp3) is 0.588. The first-order valence-electron chi connectivity index (χ1n) is 7.93. The van der Waals surface area contributed by atoms with E-state index in [4.69, 9.17) is 16.7 Å². The van der Waals surface area contributed by atoms with E-state index in [1.807, 2.05) is 24.3 Å². The third-order valence-electron chi connectivity index (χ3n) is 5.02. The molecule has 1 unspecified atom stereocenters. The molecule has 0 radical (unpaired) electrons. The molecule has 2 N–H and O–H groups in total. The van der Waals surface area contributed by atoms with Gasteiger partial charge in [-0.05, 0) is 61.9 Å². The Morgan fingerprint density at radius 2 is 1.91 bits per heavy atom. The Hall–Kier alpha value is -1.10. The summed E-state index contributed by atoms with van der Waals surface area (Å²) in [5, 5.41) is 20.1. The molecule has 0 aromatic heterocycles. The van der Waals surface area contributed by atoms with Crippen molar-refractivity contribution in [3.05, 3.63) is 34.9 Å². The molecule has 5 heteroatoms. The molecule has 22 heavy (non-hydrogen) atoms. The number of hydrogen-bond donors (Lipinski definition) is 2. The van der Waals surface area contributed by atoms with Crippen molar-refractivity contribution >= 4 is 17.6 Å². The zero-order valence-corrected chi connectivity index (χ0v) is 13.2. The molecule has 120 valence electrons. The molecule has 3 rings (SSSR count). The number of aliphatic carboxylic acids is 1. The van der Waals surface area contributed by atoms with Crippen molar-refractivity contribution in [3.8, 4) is 0 Å². The summed E-state index contributed by atoms with van der Waals surface area (Å²) in [6.45, 7) is 2.77. The predicted octanol–water partition coefficient (Wildman–Crippen LogP) is 2.81. The molecule has 1 heterocycles. The molecule has 4 nitrogen and oxygen atoms in total. The van der Waals surface area contributed by atoms with Crippen LogP contribution < -0.4 is 0 Å². The Labute approximate surface area is 135 Å². The average Bonchev–Trinajstić information content (AvgIpc) is 3.28. The van der Waals surface area contributed by atoms with E-state index in [0.29, 0.717) is 10.9 Å². The third kappa shape index (κ3) is 3.62. The Kier molecular flexibility index (Phi) is 4.71. The van der Waals surface area contributed by atoms with E-state index in [1.165, 1.54) is 0 Å². The number of aliphatic hydroxyl groups excluding tert-OH is 1. The summed E-state index contributed by atoms with van der Waals surface area (Å²) in [6.07, 6.45) is 2.29. The number of carboxylic acids is 1. The highest BCUT2D eigenvalue weighted by atomic mass is 35.5. The van der Waals surface area contributed by atoms with Gasteiger partial charge in [0.15, 0.2) is 0 Å². The second kappa shape index (κ2) is 6.57. The summed E-state index contributed by atoms with van der Waals surface area (Å²) in [4.78, 5) is 13.2. The van der Waals surface area contributed by atoms with Crippen molar-refractivity contribution in [1.82, 2.24) is 4.90 Å². The lowest BCUT2D eigenvalue weighted by Crippen LogP contribution is -2.37. The van der Waals surface area contributed by atoms with Gasteiger partial charge in [-0.15, -0.1) is 0 Å². The van der Waals surface area contributed by atoms with Gasteiger partial charge < -0.3 is 15.1 Å². The first kappa shape index (κ1) is 15.8. The van der Waals surface area contributed by atoms with Gasteiger partial charge in [0.25, 0.3) is 0 Å². The van der Waals surface area contributed by atoms with E-state index in [2.05, 4.69) is 4.90 Å². The summed E-state index contributed by atoms with van der Waals surface area (Å²) >= 11 is 5.88. The van der Waals surface area contributed by atoms with Crippen LogP contribution >= 0.6 is 11.6 Å². The van der Waals surface area contributed by atoms with Gasteiger partial charge in [-0.1, -0.05) is 23.7 Å². The zero-order chi connectivity index (χ0) is 15.7. The fourth-order valence-electron chi connectivity index (χ4n) is 3.47. The highest BCUT2D eigenvalue weighted by molar-refractivity contribution is 6.30. The number of hydrogen-bond acceptors (Lipinski definition) is 3. The van der Waals surface area contributed by atoms with Gasteiger partial charge in [0.05, 0.1) is 12.0 Å². The van der Waals surface area contributed by atoms with E-state index < -0.39 is 12.1 Å². The molecule has 1 saturated carbocycles. The van der Waals surface area contributed by atoms with E-state index >= 15 is 0 Å². The van der Waals surface area contributed by atoms with Crippen molar-refractivity contribution in [1.29, 1.82) is 0 Å². The molecule has 2 aliphatic rings. The third-order valence-corrected chi connectivity index (χ3v) is 5.27. The van der Waals surface area contributed by atoms with Gasteiger partial charge in [-0.3, -0.25) is 4.79 Å². The van der Waals surface area contributed by atoms with Gasteiger partial charge in [-0.2, -0.15) is 0 Å². The lowest BCUT2D eigenvalue weighted by atomic mass is 9.87. The van der Waals surface area contributed by atoms with Gasteiger partial charge in [0.1, 0.15) is 0 Å². The number of likely N-dealkylation sites (tertiary alicyclic amines) is 1. The van der Waals surface area contributed by atoms with Crippen LogP contribution in [0.4, 0.5) is 0 Å². The second-order valence-corrected chi connectivity index (χ2v) is 7.01. The molecular formula is C17H22ClNO3. The van der Waals surface area contributed by atoms with Crippen LogP contribution in [0.1, 0.15) is 30.9 Å². The summed E-state index contributed by atoms with van der Waals surface area (Å²) in [6, 6.07) is 7.41. The molecule has 0 spiro atoms. The van der Waals surface area contributed by atoms with Crippen molar-refractivity contribution in [2.24, 2.45) is 17.8 Å². The van der Waals surface area contributed by atoms with Crippen LogP contribution in [0, 0.1) is 17.8 Å². The molecule has 0 amide bonds. The lowest BCUT2D eigenvalue weighted by molar-refractivity contribution is -0.138. The fourth-order valence-corrected chi connectivity index (χ4v) is 3.59. The maximum absolute atomic E-state index is 10.9. The monoisotopic (exact) mass is 323 g/mol. The molecule has 1 saturated heterocycles. The van der Waals surface area contributed by atoms with Crippen molar-refractivity contribution in [2.75, 3.05) is 19.6 Å². The van der Waals surface area contributed by atoms with Crippen LogP contribution in [0.25, 0.3) is 0 Å². The minimum atomic E-state index is -0.655. The number of halogens is 1. The molecule has 1 aromatic rings. The highest BCUT2D eigenvalue weighted by Crippen LogP contribution is 2.40. The van der Waals surface area contributed by atoms with E-state index in [9.17, 15) is 9.90 Å². The Morgan fingerprint density at radius 3 is 2.45 bits per heavy atom. The SMILES string of the molecule is O=C(O)[C@@H]1C[C@H]1CN1CCC(C(O)c2ccc(Cl)cc2)CC1. The quantitative estimate of drug-likeness (QED) is 0.874. The van der Waals surface area contributed by atoms with Crippen LogP contribution in [0.5, 0.6) is 0 Å². The molecule has 1 aromatic carbocycles. The summed E-state index contributed by atoms with van der Waals surface area (Å²) in [5.41, 5.74) is 0.927. The van der Waals surface area contributed by atoms with Crippen LogP contribution in [0.3, 0.4) is 0 Å². The maximum atomic E-state index is 10.9. The van der Waals surface area contributed by atoms with Crippen LogP contribution in [0.2, 0.25) is 5.02 Å². The number of nitrogens with zero attached hydrogens (tertiary/aromatic N) is 1. The van der Waals surface area contributed by atoms with Gasteiger partial charge >= 0.3 is 5.97 Å². The van der Waals surface area contributed by atoms with Gasteiger partial charge in [-0.25, -0.2) is 0 Å². The second-order valence-electron chi connectivity index (χ2n) is 6.57. The first-order valence-corrected chi connectivity index (χ1v) is 8.31. The van der Waals surface area contributed by atoms with E-state index in [1.54, 1.807) is 0 Å². The zero-order valence-electron chi connectivity index (χ0n) is 12.5. The smallest absolute Gasteiger partial charge is 0.306 e. The number of aliphatic hydroxyl groups is 1. The Morgan fingerprint density at radius 1 is 1.27 bits per heavy atom. The van der Waals surface area contributed by atoms with E-state index in [0.717, 1.165) is 44.5 Å². The highest BCUT2D eigenvalue weighted by Gasteiger charge is 2.44. The number of rotatable bonds is 5. The lowest BCUT2D eigenvalue weighted by Gasteiger charge is -2.34. The normalized spacial score (nSPS) is 27.5. The molecular weight excluding hydrogens is 302 g/mol. The number of benzene rings is 1. The average molecular weight is 324 g/mol. The molecule has 1 aliphatic carbocycles. The van der Waals surface area contributed by atoms with Crippen molar-refractivity contribution in [3.63, 3.8) is 0 Å². The molecule has 0 bridgehead atoms. The van der Waals surface area contributed by atoms with E-state index in [-0.39, 0.29) is 11.8 Å². The Bertz CT molecular complexity index is 525. The summed E-state index contributed by atoms with van der Waals surface area (Å²) in [7, 11) is 0. The topological polar surface area (TPSA) is 60.8 Å². The van der Waals surface area contributed by atoms with Crippen LogP contribution in [-0.2, 0) is 4.79 Å². The van der Waals surface area contributed by atoms with Crippen molar-refractivity contribution in [2.45, 2.75) is 25.4 Å². The van der Waals surface area contributed by atoms with Gasteiger partial charge in [0, 0.05) is 11.6 Å². The molecule has 2 fully saturated rings. The molecule has 3 atom stereocenters. The Balaban J connectivity index is 1.47. The largest absolute Gasteiger partial charge is 0.481 e. The van der Waals surface area contributed by atoms with Crippen LogP contribution in [-0.4, -0.2) is 40.7 Å². The summed E-state index contributed by atoms with van der Waals surface area (Å²) < 4.78 is 0.